The Morgan fingerprint density at radius 1 is 1.00 bits per heavy atom. The average Bonchev–Trinajstić information content (AvgIpc) is 2.77. The largest absolute Gasteiger partial charge is 0.495 e. The zero-order valence-electron chi connectivity index (χ0n) is 17.4. The minimum atomic E-state index is -3.83. The van der Waals surface area contributed by atoms with E-state index < -0.39 is 10.0 Å². The fourth-order valence-electron chi connectivity index (χ4n) is 2.78. The standard InChI is InChI=1S/C22H22ClN3O4S2/c1-3-30-16-10-8-15(9-11-16)26-32(27,28)17-12-13-20(21(14-17)29-2)25-22(31)24-19-7-5-4-6-18(19)23/h4-14,26H,3H2,1-2H3,(H2,24,25,31). The van der Waals surface area contributed by atoms with Crippen LogP contribution in [-0.4, -0.2) is 27.2 Å². The van der Waals surface area contributed by atoms with E-state index in [1.807, 2.05) is 19.1 Å². The van der Waals surface area contributed by atoms with Crippen LogP contribution >= 0.6 is 23.8 Å². The number of para-hydroxylation sites is 1. The SMILES string of the molecule is CCOc1ccc(NS(=O)(=O)c2ccc(NC(=S)Nc3ccccc3Cl)c(OC)c2)cc1. The van der Waals surface area contributed by atoms with Crippen LogP contribution in [0.2, 0.25) is 5.02 Å². The number of rotatable bonds is 8. The number of halogens is 1. The lowest BCUT2D eigenvalue weighted by Crippen LogP contribution is -2.20. The molecule has 0 aliphatic rings. The van der Waals surface area contributed by atoms with Gasteiger partial charge in [-0.25, -0.2) is 8.42 Å². The second kappa shape index (κ2) is 10.5. The van der Waals surface area contributed by atoms with Crippen LogP contribution < -0.4 is 24.8 Å². The minimum Gasteiger partial charge on any atom is -0.495 e. The van der Waals surface area contributed by atoms with E-state index >= 15 is 0 Å². The van der Waals surface area contributed by atoms with E-state index in [2.05, 4.69) is 15.4 Å². The molecule has 0 atom stereocenters. The van der Waals surface area contributed by atoms with E-state index in [1.54, 1.807) is 42.5 Å². The van der Waals surface area contributed by atoms with Crippen LogP contribution in [0.1, 0.15) is 6.92 Å². The summed E-state index contributed by atoms with van der Waals surface area (Å²) in [5.74, 6) is 0.969. The number of anilines is 3. The normalized spacial score (nSPS) is 10.8. The lowest BCUT2D eigenvalue weighted by molar-refractivity contribution is 0.340. The second-order valence-electron chi connectivity index (χ2n) is 6.48. The van der Waals surface area contributed by atoms with Crippen LogP contribution in [0.15, 0.2) is 71.6 Å². The molecule has 3 aromatic carbocycles. The van der Waals surface area contributed by atoms with Gasteiger partial charge in [0.2, 0.25) is 0 Å². The number of benzene rings is 3. The van der Waals surface area contributed by atoms with E-state index in [0.29, 0.717) is 40.2 Å². The van der Waals surface area contributed by atoms with E-state index in [9.17, 15) is 8.42 Å². The summed E-state index contributed by atoms with van der Waals surface area (Å²) in [6.07, 6.45) is 0. The first-order valence-corrected chi connectivity index (χ1v) is 11.9. The van der Waals surface area contributed by atoms with Crippen molar-refractivity contribution in [1.29, 1.82) is 0 Å². The Morgan fingerprint density at radius 2 is 1.69 bits per heavy atom. The van der Waals surface area contributed by atoms with Crippen molar-refractivity contribution in [2.45, 2.75) is 11.8 Å². The number of nitrogens with one attached hydrogen (secondary N) is 3. The van der Waals surface area contributed by atoms with Crippen molar-refractivity contribution in [2.24, 2.45) is 0 Å². The van der Waals surface area contributed by atoms with E-state index in [-0.39, 0.29) is 10.0 Å². The van der Waals surface area contributed by atoms with Gasteiger partial charge in [0.1, 0.15) is 11.5 Å². The molecule has 0 radical (unpaired) electrons. The van der Waals surface area contributed by atoms with Crippen LogP contribution in [0.4, 0.5) is 17.1 Å². The lowest BCUT2D eigenvalue weighted by Gasteiger charge is -2.15. The summed E-state index contributed by atoms with van der Waals surface area (Å²) in [5.41, 5.74) is 1.56. The van der Waals surface area contributed by atoms with E-state index in [4.69, 9.17) is 33.3 Å². The monoisotopic (exact) mass is 491 g/mol. The summed E-state index contributed by atoms with van der Waals surface area (Å²) >= 11 is 11.5. The molecule has 10 heteroatoms. The fourth-order valence-corrected chi connectivity index (χ4v) is 4.26. The second-order valence-corrected chi connectivity index (χ2v) is 8.98. The highest BCUT2D eigenvalue weighted by Crippen LogP contribution is 2.29. The fraction of sp³-hybridized carbons (Fsp3) is 0.136. The van der Waals surface area contributed by atoms with Gasteiger partial charge in [0.15, 0.2) is 5.11 Å². The lowest BCUT2D eigenvalue weighted by atomic mass is 10.3. The topological polar surface area (TPSA) is 88.7 Å². The molecule has 0 fully saturated rings. The highest BCUT2D eigenvalue weighted by molar-refractivity contribution is 7.92. The average molecular weight is 492 g/mol. The van der Waals surface area contributed by atoms with Gasteiger partial charge in [0, 0.05) is 11.8 Å². The summed E-state index contributed by atoms with van der Waals surface area (Å²) in [6.45, 7) is 2.41. The van der Waals surface area contributed by atoms with Gasteiger partial charge in [-0.05, 0) is 67.7 Å². The van der Waals surface area contributed by atoms with Crippen molar-refractivity contribution >= 4 is 56.0 Å². The Kier molecular flexibility index (Phi) is 7.79. The Bertz CT molecular complexity index is 1200. The van der Waals surface area contributed by atoms with Crippen LogP contribution in [0.5, 0.6) is 11.5 Å². The molecule has 7 nitrogen and oxygen atoms in total. The molecule has 0 spiro atoms. The summed E-state index contributed by atoms with van der Waals surface area (Å²) in [4.78, 5) is 0.0405. The third kappa shape index (κ3) is 6.03. The van der Waals surface area contributed by atoms with Crippen LogP contribution in [0.3, 0.4) is 0 Å². The number of ether oxygens (including phenoxy) is 2. The molecule has 0 unspecified atom stereocenters. The molecule has 168 valence electrons. The Morgan fingerprint density at radius 3 is 2.34 bits per heavy atom. The molecule has 0 amide bonds. The maximum atomic E-state index is 12.8. The molecule has 0 heterocycles. The van der Waals surface area contributed by atoms with Crippen LogP contribution in [0, 0.1) is 0 Å². The first-order valence-electron chi connectivity index (χ1n) is 9.58. The van der Waals surface area contributed by atoms with Crippen molar-refractivity contribution < 1.29 is 17.9 Å². The molecule has 0 bridgehead atoms. The molecule has 32 heavy (non-hydrogen) atoms. The summed E-state index contributed by atoms with van der Waals surface area (Å²) in [5, 5.41) is 6.78. The zero-order valence-corrected chi connectivity index (χ0v) is 19.8. The summed E-state index contributed by atoms with van der Waals surface area (Å²) in [6, 6.07) is 18.3. The van der Waals surface area contributed by atoms with Gasteiger partial charge in [-0.2, -0.15) is 0 Å². The van der Waals surface area contributed by atoms with Crippen molar-refractivity contribution in [3.8, 4) is 11.5 Å². The van der Waals surface area contributed by atoms with Crippen molar-refractivity contribution in [2.75, 3.05) is 29.1 Å². The predicted octanol–water partition coefficient (Wildman–Crippen LogP) is 5.36. The van der Waals surface area contributed by atoms with Gasteiger partial charge in [0.05, 0.1) is 35.0 Å². The van der Waals surface area contributed by atoms with E-state index in [1.165, 1.54) is 19.2 Å². The molecular formula is C22H22ClN3O4S2. The van der Waals surface area contributed by atoms with Crippen LogP contribution in [-0.2, 0) is 10.0 Å². The highest BCUT2D eigenvalue weighted by atomic mass is 35.5. The third-order valence-electron chi connectivity index (χ3n) is 4.27. The number of methoxy groups -OCH3 is 1. The molecule has 3 N–H and O–H groups in total. The quantitative estimate of drug-likeness (QED) is 0.366. The molecule has 0 aliphatic carbocycles. The summed E-state index contributed by atoms with van der Waals surface area (Å²) < 4.78 is 38.9. The predicted molar refractivity (Wildman–Crippen MR) is 133 cm³/mol. The maximum Gasteiger partial charge on any atom is 0.262 e. The van der Waals surface area contributed by atoms with Crippen molar-refractivity contribution in [3.05, 3.63) is 71.8 Å². The molecule has 0 saturated carbocycles. The zero-order chi connectivity index (χ0) is 23.1. The van der Waals surface area contributed by atoms with Gasteiger partial charge in [-0.1, -0.05) is 23.7 Å². The Hall–Kier alpha value is -3.01. The highest BCUT2D eigenvalue weighted by Gasteiger charge is 2.17. The summed E-state index contributed by atoms with van der Waals surface area (Å²) in [7, 11) is -2.39. The van der Waals surface area contributed by atoms with Gasteiger partial charge in [-0.15, -0.1) is 0 Å². The first-order chi connectivity index (χ1) is 15.3. The maximum absolute atomic E-state index is 12.8. The van der Waals surface area contributed by atoms with E-state index in [0.717, 1.165) is 0 Å². The molecule has 0 aliphatic heterocycles. The minimum absolute atomic E-state index is 0.0405. The number of sulfonamides is 1. The first kappa shape index (κ1) is 23.6. The van der Waals surface area contributed by atoms with Gasteiger partial charge in [-0.3, -0.25) is 4.72 Å². The molecular weight excluding hydrogens is 470 g/mol. The van der Waals surface area contributed by atoms with Gasteiger partial charge in [0.25, 0.3) is 10.0 Å². The molecule has 0 aromatic heterocycles. The van der Waals surface area contributed by atoms with Crippen LogP contribution in [0.25, 0.3) is 0 Å². The molecule has 3 rings (SSSR count). The molecule has 3 aromatic rings. The van der Waals surface area contributed by atoms with Gasteiger partial charge >= 0.3 is 0 Å². The van der Waals surface area contributed by atoms with Crippen molar-refractivity contribution in [1.82, 2.24) is 0 Å². The number of hydrogen-bond donors (Lipinski definition) is 3. The van der Waals surface area contributed by atoms with Gasteiger partial charge < -0.3 is 20.1 Å². The molecule has 0 saturated heterocycles. The number of hydrogen-bond acceptors (Lipinski definition) is 5. The Labute approximate surface area is 197 Å². The Balaban J connectivity index is 1.74. The third-order valence-corrected chi connectivity index (χ3v) is 6.18. The van der Waals surface area contributed by atoms with Crippen molar-refractivity contribution in [3.63, 3.8) is 0 Å². The smallest absolute Gasteiger partial charge is 0.262 e. The number of thiocarbonyl (C=S) groups is 1.